The quantitative estimate of drug-likeness (QED) is 0.702. The summed E-state index contributed by atoms with van der Waals surface area (Å²) in [5.41, 5.74) is 2.82. The molecular formula is C17H16ClN3O2. The summed E-state index contributed by atoms with van der Waals surface area (Å²) in [7, 11) is 0. The summed E-state index contributed by atoms with van der Waals surface area (Å²) in [6.07, 6.45) is 0.820. The molecule has 0 bridgehead atoms. The first-order chi connectivity index (χ1) is 11.1. The van der Waals surface area contributed by atoms with E-state index >= 15 is 0 Å². The smallest absolute Gasteiger partial charge is 0.157 e. The van der Waals surface area contributed by atoms with Gasteiger partial charge in [0.1, 0.15) is 12.0 Å². The Morgan fingerprint density at radius 2 is 2.00 bits per heavy atom. The lowest BCUT2D eigenvalue weighted by Crippen LogP contribution is -2.46. The minimum atomic E-state index is -0.161. The summed E-state index contributed by atoms with van der Waals surface area (Å²) in [5.74, 6) is 0.691. The Labute approximate surface area is 138 Å². The molecule has 0 saturated carbocycles. The molecular weight excluding hydrogens is 314 g/mol. The lowest BCUT2D eigenvalue weighted by atomic mass is 10.0. The number of phenolic OH excluding ortho intramolecular Hbond substituents is 2. The summed E-state index contributed by atoms with van der Waals surface area (Å²) in [6, 6.07) is 10.6. The third kappa shape index (κ3) is 2.37. The average Bonchev–Trinajstić information content (AvgIpc) is 2.56. The molecule has 2 heterocycles. The fraction of sp³-hybridized carbons (Fsp3) is 0.235. The molecule has 118 valence electrons. The Morgan fingerprint density at radius 3 is 2.83 bits per heavy atom. The molecule has 23 heavy (non-hydrogen) atoms. The van der Waals surface area contributed by atoms with E-state index in [1.54, 1.807) is 12.1 Å². The van der Waals surface area contributed by atoms with Crippen molar-refractivity contribution in [3.63, 3.8) is 0 Å². The largest absolute Gasteiger partial charge is 0.504 e. The molecule has 5 nitrogen and oxygen atoms in total. The van der Waals surface area contributed by atoms with E-state index in [1.165, 1.54) is 6.07 Å². The summed E-state index contributed by atoms with van der Waals surface area (Å²) < 4.78 is 0. The van der Waals surface area contributed by atoms with Crippen LogP contribution in [0.4, 0.5) is 5.69 Å². The van der Waals surface area contributed by atoms with Crippen molar-refractivity contribution in [1.29, 1.82) is 0 Å². The number of fused-ring (bicyclic) bond motifs is 3. The van der Waals surface area contributed by atoms with E-state index < -0.39 is 0 Å². The van der Waals surface area contributed by atoms with E-state index in [0.29, 0.717) is 5.02 Å². The first kappa shape index (κ1) is 14.2. The molecule has 4 rings (SSSR count). The van der Waals surface area contributed by atoms with Gasteiger partial charge in [0, 0.05) is 29.4 Å². The Hall–Kier alpha value is -2.40. The van der Waals surface area contributed by atoms with Crippen LogP contribution in [0.25, 0.3) is 0 Å². The highest BCUT2D eigenvalue weighted by Gasteiger charge is 2.32. The molecule has 3 N–H and O–H groups in total. The zero-order valence-corrected chi connectivity index (χ0v) is 13.1. The van der Waals surface area contributed by atoms with Gasteiger partial charge in [-0.25, -0.2) is 0 Å². The lowest BCUT2D eigenvalue weighted by molar-refractivity contribution is 0.321. The van der Waals surface area contributed by atoms with E-state index in [4.69, 9.17) is 11.6 Å². The predicted octanol–water partition coefficient (Wildman–Crippen LogP) is 3.33. The van der Waals surface area contributed by atoms with Crippen molar-refractivity contribution in [2.75, 3.05) is 18.4 Å². The van der Waals surface area contributed by atoms with Gasteiger partial charge in [-0.2, -0.15) is 0 Å². The number of hydrogen-bond acceptors (Lipinski definition) is 5. The van der Waals surface area contributed by atoms with E-state index in [-0.39, 0.29) is 17.7 Å². The number of halogens is 1. The first-order valence-corrected chi connectivity index (χ1v) is 7.91. The number of amidine groups is 1. The molecule has 0 aliphatic carbocycles. The number of aliphatic imine (C=N–C) groups is 1. The van der Waals surface area contributed by atoms with Crippen LogP contribution >= 0.6 is 11.6 Å². The Bertz CT molecular complexity index is 806. The molecule has 0 amide bonds. The molecule has 0 aromatic heterocycles. The molecule has 2 aromatic rings. The molecule has 2 aliphatic heterocycles. The minimum Gasteiger partial charge on any atom is -0.504 e. The van der Waals surface area contributed by atoms with Crippen molar-refractivity contribution in [2.24, 2.45) is 4.99 Å². The number of benzene rings is 2. The Kier molecular flexibility index (Phi) is 3.31. The van der Waals surface area contributed by atoms with E-state index in [9.17, 15) is 10.2 Å². The van der Waals surface area contributed by atoms with Gasteiger partial charge in [0.15, 0.2) is 11.5 Å². The van der Waals surface area contributed by atoms with Gasteiger partial charge in [-0.1, -0.05) is 17.7 Å². The summed E-state index contributed by atoms with van der Waals surface area (Å²) in [6.45, 7) is 1.68. The van der Waals surface area contributed by atoms with Gasteiger partial charge >= 0.3 is 0 Å². The maximum atomic E-state index is 9.82. The van der Waals surface area contributed by atoms with Crippen molar-refractivity contribution in [2.45, 2.75) is 12.6 Å². The zero-order chi connectivity index (χ0) is 16.0. The normalized spacial score (nSPS) is 19.4. The van der Waals surface area contributed by atoms with Crippen LogP contribution in [0.5, 0.6) is 11.5 Å². The second-order valence-corrected chi connectivity index (χ2v) is 6.17. The number of hydrogen-bond donors (Lipinski definition) is 3. The van der Waals surface area contributed by atoms with Gasteiger partial charge in [-0.05, 0) is 42.3 Å². The molecule has 6 heteroatoms. The summed E-state index contributed by atoms with van der Waals surface area (Å²) in [4.78, 5) is 6.87. The van der Waals surface area contributed by atoms with Crippen LogP contribution in [-0.2, 0) is 0 Å². The van der Waals surface area contributed by atoms with Crippen LogP contribution in [0.1, 0.15) is 23.7 Å². The van der Waals surface area contributed by atoms with E-state index in [1.807, 2.05) is 18.2 Å². The highest BCUT2D eigenvalue weighted by molar-refractivity contribution is 6.31. The topological polar surface area (TPSA) is 68.1 Å². The second kappa shape index (κ2) is 5.35. The standard InChI is InChI=1S/C17H16ClN3O2/c18-11-3-4-12-13(9-11)20-16(21-7-1-6-19-17(12)21)10-2-5-14(22)15(23)8-10/h2-5,8-9,16,20,22-23H,1,6-7H2/t16-/m1/s1. The second-order valence-electron chi connectivity index (χ2n) is 5.74. The third-order valence-electron chi connectivity index (χ3n) is 4.23. The molecule has 1 atom stereocenters. The molecule has 2 aliphatic rings. The van der Waals surface area contributed by atoms with Gasteiger partial charge in [-0.3, -0.25) is 4.99 Å². The molecule has 2 aromatic carbocycles. The highest BCUT2D eigenvalue weighted by atomic mass is 35.5. The monoisotopic (exact) mass is 329 g/mol. The summed E-state index contributed by atoms with van der Waals surface area (Å²) >= 11 is 6.13. The minimum absolute atomic E-state index is 0.125. The van der Waals surface area contributed by atoms with Crippen molar-refractivity contribution >= 4 is 23.1 Å². The fourth-order valence-corrected chi connectivity index (χ4v) is 3.32. The van der Waals surface area contributed by atoms with Crippen molar-refractivity contribution in [1.82, 2.24) is 4.90 Å². The maximum absolute atomic E-state index is 9.82. The van der Waals surface area contributed by atoms with Gasteiger partial charge in [0.2, 0.25) is 0 Å². The number of aromatic hydroxyl groups is 2. The van der Waals surface area contributed by atoms with Crippen LogP contribution in [-0.4, -0.2) is 34.0 Å². The summed E-state index contributed by atoms with van der Waals surface area (Å²) in [5, 5.41) is 23.5. The molecule has 0 fully saturated rings. The predicted molar refractivity (Wildman–Crippen MR) is 90.3 cm³/mol. The van der Waals surface area contributed by atoms with Crippen LogP contribution in [0.2, 0.25) is 5.02 Å². The maximum Gasteiger partial charge on any atom is 0.157 e. The van der Waals surface area contributed by atoms with Crippen LogP contribution in [0.3, 0.4) is 0 Å². The third-order valence-corrected chi connectivity index (χ3v) is 4.47. The Morgan fingerprint density at radius 1 is 1.13 bits per heavy atom. The van der Waals surface area contributed by atoms with E-state index in [0.717, 1.165) is 42.2 Å². The first-order valence-electron chi connectivity index (χ1n) is 7.53. The van der Waals surface area contributed by atoms with Crippen LogP contribution < -0.4 is 5.32 Å². The number of nitrogens with zero attached hydrogens (tertiary/aromatic N) is 2. The zero-order valence-electron chi connectivity index (χ0n) is 12.3. The molecule has 0 radical (unpaired) electrons. The van der Waals surface area contributed by atoms with Gasteiger partial charge < -0.3 is 20.4 Å². The number of rotatable bonds is 1. The SMILES string of the molecule is Oc1ccc([C@@H]2Nc3cc(Cl)ccc3C3=NCCCN32)cc1O. The van der Waals surface area contributed by atoms with Crippen LogP contribution in [0, 0.1) is 0 Å². The highest BCUT2D eigenvalue weighted by Crippen LogP contribution is 2.38. The number of nitrogens with one attached hydrogen (secondary N) is 1. The fourth-order valence-electron chi connectivity index (χ4n) is 3.14. The molecule has 0 spiro atoms. The van der Waals surface area contributed by atoms with Crippen molar-refractivity contribution in [3.05, 3.63) is 52.5 Å². The Balaban J connectivity index is 1.83. The number of phenols is 2. The van der Waals surface area contributed by atoms with Gasteiger partial charge in [-0.15, -0.1) is 0 Å². The lowest BCUT2D eigenvalue weighted by Gasteiger charge is -2.42. The molecule has 0 saturated heterocycles. The van der Waals surface area contributed by atoms with Gasteiger partial charge in [0.05, 0.1) is 0 Å². The van der Waals surface area contributed by atoms with Crippen molar-refractivity contribution < 1.29 is 10.2 Å². The average molecular weight is 330 g/mol. The van der Waals surface area contributed by atoms with Crippen molar-refractivity contribution in [3.8, 4) is 11.5 Å². The van der Waals surface area contributed by atoms with E-state index in [2.05, 4.69) is 15.2 Å². The van der Waals surface area contributed by atoms with Gasteiger partial charge in [0.25, 0.3) is 0 Å². The number of anilines is 1. The molecule has 0 unspecified atom stereocenters. The van der Waals surface area contributed by atoms with Crippen LogP contribution in [0.15, 0.2) is 41.4 Å².